The Labute approximate surface area is 156 Å². The first-order valence-electron chi connectivity index (χ1n) is 8.80. The molecular formula is C21H19N3O3. The van der Waals surface area contributed by atoms with Gasteiger partial charge in [-0.15, -0.1) is 0 Å². The standard InChI is InChI=1S/C21H19N3O3/c1-24-19(25)12-11-16(23-24)21(26)22-20(14-7-3-2-4-8-14)18-13-15-9-5-6-10-17(15)27-18/h2-10,13,20H,11-12H2,1H3,(H,22,26)/t20-/m0/s1. The van der Waals surface area contributed by atoms with E-state index in [1.165, 1.54) is 5.01 Å². The molecule has 0 aliphatic carbocycles. The number of hydrogen-bond acceptors (Lipinski definition) is 4. The van der Waals surface area contributed by atoms with Crippen molar-refractivity contribution in [3.05, 3.63) is 72.0 Å². The molecule has 0 bridgehead atoms. The first-order valence-corrected chi connectivity index (χ1v) is 8.80. The van der Waals surface area contributed by atoms with Crippen LogP contribution >= 0.6 is 0 Å². The minimum atomic E-state index is -0.447. The van der Waals surface area contributed by atoms with E-state index >= 15 is 0 Å². The van der Waals surface area contributed by atoms with E-state index in [0.717, 1.165) is 16.5 Å². The smallest absolute Gasteiger partial charge is 0.268 e. The van der Waals surface area contributed by atoms with Crippen molar-refractivity contribution in [3.8, 4) is 0 Å². The van der Waals surface area contributed by atoms with Gasteiger partial charge in [0.25, 0.3) is 5.91 Å². The highest BCUT2D eigenvalue weighted by atomic mass is 16.3. The summed E-state index contributed by atoms with van der Waals surface area (Å²) in [4.78, 5) is 24.4. The average molecular weight is 361 g/mol. The quantitative estimate of drug-likeness (QED) is 0.775. The van der Waals surface area contributed by atoms with Gasteiger partial charge in [0.1, 0.15) is 23.1 Å². The molecule has 0 unspecified atom stereocenters. The molecule has 2 amide bonds. The van der Waals surface area contributed by atoms with Crippen LogP contribution in [0.3, 0.4) is 0 Å². The fourth-order valence-electron chi connectivity index (χ4n) is 3.16. The van der Waals surface area contributed by atoms with Crippen LogP contribution in [-0.4, -0.2) is 29.6 Å². The molecule has 6 heteroatoms. The largest absolute Gasteiger partial charge is 0.459 e. The van der Waals surface area contributed by atoms with Crippen LogP contribution in [-0.2, 0) is 9.59 Å². The molecule has 1 atom stereocenters. The highest BCUT2D eigenvalue weighted by molar-refractivity contribution is 6.39. The summed E-state index contributed by atoms with van der Waals surface area (Å²) in [6.45, 7) is 0. The molecule has 4 rings (SSSR count). The summed E-state index contributed by atoms with van der Waals surface area (Å²) in [6, 6.07) is 18.9. The maximum Gasteiger partial charge on any atom is 0.268 e. The third-order valence-electron chi connectivity index (χ3n) is 4.61. The number of carbonyl (C=O) groups excluding carboxylic acids is 2. The lowest BCUT2D eigenvalue weighted by Gasteiger charge is -2.21. The summed E-state index contributed by atoms with van der Waals surface area (Å²) in [6.07, 6.45) is 0.611. The lowest BCUT2D eigenvalue weighted by molar-refractivity contribution is -0.130. The van der Waals surface area contributed by atoms with Gasteiger partial charge in [0, 0.05) is 25.3 Å². The summed E-state index contributed by atoms with van der Waals surface area (Å²) in [5.41, 5.74) is 2.02. The normalized spacial score (nSPS) is 15.5. The lowest BCUT2D eigenvalue weighted by atomic mass is 10.0. The molecule has 6 nitrogen and oxygen atoms in total. The predicted octanol–water partition coefficient (Wildman–Crippen LogP) is 3.25. The molecule has 1 aliphatic heterocycles. The molecule has 1 aliphatic rings. The molecule has 2 aromatic carbocycles. The van der Waals surface area contributed by atoms with Crippen molar-refractivity contribution in [2.45, 2.75) is 18.9 Å². The number of hydrogen-bond donors (Lipinski definition) is 1. The number of para-hydroxylation sites is 1. The lowest BCUT2D eigenvalue weighted by Crippen LogP contribution is -2.39. The van der Waals surface area contributed by atoms with Gasteiger partial charge in [-0.05, 0) is 17.7 Å². The van der Waals surface area contributed by atoms with Crippen LogP contribution in [0.15, 0.2) is 70.2 Å². The monoisotopic (exact) mass is 361 g/mol. The van der Waals surface area contributed by atoms with Crippen molar-refractivity contribution in [1.29, 1.82) is 0 Å². The van der Waals surface area contributed by atoms with Gasteiger partial charge in [0.15, 0.2) is 0 Å². The number of benzene rings is 2. The summed E-state index contributed by atoms with van der Waals surface area (Å²) in [5, 5.41) is 9.31. The second kappa shape index (κ2) is 7.07. The first-order chi connectivity index (χ1) is 13.1. The van der Waals surface area contributed by atoms with Crippen molar-refractivity contribution in [3.63, 3.8) is 0 Å². The summed E-state index contributed by atoms with van der Waals surface area (Å²) in [5.74, 6) is 0.253. The first kappa shape index (κ1) is 17.0. The van der Waals surface area contributed by atoms with Crippen LogP contribution in [0.25, 0.3) is 11.0 Å². The van der Waals surface area contributed by atoms with Gasteiger partial charge in [-0.25, -0.2) is 5.01 Å². The SMILES string of the molecule is CN1N=C(C(=O)N[C@@H](c2ccccc2)c2cc3ccccc3o2)CCC1=O. The van der Waals surface area contributed by atoms with Crippen molar-refractivity contribution in [1.82, 2.24) is 10.3 Å². The van der Waals surface area contributed by atoms with Gasteiger partial charge in [-0.1, -0.05) is 48.5 Å². The summed E-state index contributed by atoms with van der Waals surface area (Å²) in [7, 11) is 1.56. The topological polar surface area (TPSA) is 74.9 Å². The van der Waals surface area contributed by atoms with E-state index in [2.05, 4.69) is 10.4 Å². The van der Waals surface area contributed by atoms with Crippen molar-refractivity contribution < 1.29 is 14.0 Å². The highest BCUT2D eigenvalue weighted by Crippen LogP contribution is 2.28. The average Bonchev–Trinajstić information content (AvgIpc) is 3.12. The van der Waals surface area contributed by atoms with Crippen LogP contribution < -0.4 is 5.32 Å². The van der Waals surface area contributed by atoms with Gasteiger partial charge in [-0.3, -0.25) is 9.59 Å². The Morgan fingerprint density at radius 1 is 1.11 bits per heavy atom. The molecule has 1 aromatic heterocycles. The molecular weight excluding hydrogens is 342 g/mol. The maximum absolute atomic E-state index is 12.8. The molecule has 0 saturated carbocycles. The highest BCUT2D eigenvalue weighted by Gasteiger charge is 2.26. The number of amides is 2. The van der Waals surface area contributed by atoms with Crippen molar-refractivity contribution >= 4 is 28.5 Å². The summed E-state index contributed by atoms with van der Waals surface area (Å²) < 4.78 is 5.99. The second-order valence-corrected chi connectivity index (χ2v) is 6.47. The van der Waals surface area contributed by atoms with Gasteiger partial charge in [-0.2, -0.15) is 5.10 Å². The van der Waals surface area contributed by atoms with E-state index in [1.54, 1.807) is 7.05 Å². The van der Waals surface area contributed by atoms with E-state index in [-0.39, 0.29) is 18.2 Å². The van der Waals surface area contributed by atoms with Gasteiger partial charge in [0.05, 0.1) is 0 Å². The van der Waals surface area contributed by atoms with Crippen LogP contribution in [0.2, 0.25) is 0 Å². The van der Waals surface area contributed by atoms with Crippen LogP contribution in [0.1, 0.15) is 30.2 Å². The molecule has 2 heterocycles. The van der Waals surface area contributed by atoms with E-state index in [9.17, 15) is 9.59 Å². The molecule has 0 spiro atoms. The zero-order chi connectivity index (χ0) is 18.8. The van der Waals surface area contributed by atoms with E-state index < -0.39 is 6.04 Å². The number of carbonyl (C=O) groups is 2. The molecule has 1 N–H and O–H groups in total. The second-order valence-electron chi connectivity index (χ2n) is 6.47. The molecule has 27 heavy (non-hydrogen) atoms. The zero-order valence-electron chi connectivity index (χ0n) is 14.9. The van der Waals surface area contributed by atoms with E-state index in [0.29, 0.717) is 17.9 Å². The molecule has 0 radical (unpaired) electrons. The van der Waals surface area contributed by atoms with Gasteiger partial charge in [0.2, 0.25) is 5.91 Å². The van der Waals surface area contributed by atoms with Gasteiger partial charge >= 0.3 is 0 Å². The number of hydrazone groups is 1. The van der Waals surface area contributed by atoms with Gasteiger partial charge < -0.3 is 9.73 Å². The zero-order valence-corrected chi connectivity index (χ0v) is 14.9. The third kappa shape index (κ3) is 3.46. The Balaban J connectivity index is 1.68. The number of rotatable bonds is 4. The molecule has 3 aromatic rings. The van der Waals surface area contributed by atoms with Crippen molar-refractivity contribution in [2.75, 3.05) is 7.05 Å². The summed E-state index contributed by atoms with van der Waals surface area (Å²) >= 11 is 0. The number of furan rings is 1. The number of nitrogens with zero attached hydrogens (tertiary/aromatic N) is 2. The number of nitrogens with one attached hydrogen (secondary N) is 1. The van der Waals surface area contributed by atoms with E-state index in [1.807, 2.05) is 60.7 Å². The van der Waals surface area contributed by atoms with Crippen LogP contribution in [0.4, 0.5) is 0 Å². The minimum Gasteiger partial charge on any atom is -0.459 e. The minimum absolute atomic E-state index is 0.0940. The number of fused-ring (bicyclic) bond motifs is 1. The fourth-order valence-corrected chi connectivity index (χ4v) is 3.16. The fraction of sp³-hybridized carbons (Fsp3) is 0.190. The molecule has 0 fully saturated rings. The Hall–Kier alpha value is -3.41. The molecule has 136 valence electrons. The van der Waals surface area contributed by atoms with Crippen LogP contribution in [0, 0.1) is 0 Å². The van der Waals surface area contributed by atoms with Crippen molar-refractivity contribution in [2.24, 2.45) is 5.10 Å². The Morgan fingerprint density at radius 2 is 1.85 bits per heavy atom. The van der Waals surface area contributed by atoms with E-state index in [4.69, 9.17) is 4.42 Å². The Kier molecular flexibility index (Phi) is 4.46. The Bertz CT molecular complexity index is 990. The maximum atomic E-state index is 12.8. The molecule has 0 saturated heterocycles. The Morgan fingerprint density at radius 3 is 2.59 bits per heavy atom. The van der Waals surface area contributed by atoms with Crippen LogP contribution in [0.5, 0.6) is 0 Å². The third-order valence-corrected chi connectivity index (χ3v) is 4.61. The predicted molar refractivity (Wildman–Crippen MR) is 102 cm³/mol.